The van der Waals surface area contributed by atoms with Gasteiger partial charge in [-0.15, -0.1) is 22.7 Å². The van der Waals surface area contributed by atoms with Crippen LogP contribution in [-0.2, 0) is 13.0 Å². The van der Waals surface area contributed by atoms with Crippen LogP contribution in [-0.4, -0.2) is 4.98 Å². The summed E-state index contributed by atoms with van der Waals surface area (Å²) in [5.41, 5.74) is 2.64. The van der Waals surface area contributed by atoms with Gasteiger partial charge >= 0.3 is 0 Å². The molecule has 1 aliphatic rings. The highest BCUT2D eigenvalue weighted by Gasteiger charge is 2.20. The number of benzene rings is 1. The minimum Gasteiger partial charge on any atom is -0.304 e. The highest BCUT2D eigenvalue weighted by Crippen LogP contribution is 2.33. The molecule has 2 nitrogen and oxygen atoms in total. The fourth-order valence-electron chi connectivity index (χ4n) is 2.90. The molecular formula is C16H16N2S2. The highest BCUT2D eigenvalue weighted by atomic mass is 32.1. The van der Waals surface area contributed by atoms with Crippen LogP contribution in [0.3, 0.4) is 0 Å². The molecule has 0 fully saturated rings. The summed E-state index contributed by atoms with van der Waals surface area (Å²) in [4.78, 5) is 6.27. The van der Waals surface area contributed by atoms with Gasteiger partial charge in [-0.3, -0.25) is 0 Å². The lowest BCUT2D eigenvalue weighted by Crippen LogP contribution is -2.23. The first-order chi connectivity index (χ1) is 9.90. The van der Waals surface area contributed by atoms with Crippen molar-refractivity contribution in [1.29, 1.82) is 0 Å². The van der Waals surface area contributed by atoms with Crippen LogP contribution < -0.4 is 5.32 Å². The topological polar surface area (TPSA) is 24.9 Å². The lowest BCUT2D eigenvalue weighted by atomic mass is 9.94. The molecule has 0 saturated heterocycles. The number of thiazole rings is 1. The van der Waals surface area contributed by atoms with E-state index in [0.29, 0.717) is 6.04 Å². The third-order valence-corrected chi connectivity index (χ3v) is 5.92. The number of aromatic nitrogens is 1. The quantitative estimate of drug-likeness (QED) is 0.769. The van der Waals surface area contributed by atoms with Crippen LogP contribution in [0.1, 0.15) is 34.3 Å². The van der Waals surface area contributed by atoms with E-state index < -0.39 is 0 Å². The van der Waals surface area contributed by atoms with E-state index >= 15 is 0 Å². The Bertz CT molecular complexity index is 696. The summed E-state index contributed by atoms with van der Waals surface area (Å²) >= 11 is 3.70. The third-order valence-electron chi connectivity index (χ3n) is 3.89. The van der Waals surface area contributed by atoms with Crippen molar-refractivity contribution in [3.8, 4) is 0 Å². The van der Waals surface area contributed by atoms with Gasteiger partial charge in [-0.25, -0.2) is 4.98 Å². The lowest BCUT2D eigenvalue weighted by Gasteiger charge is -2.23. The number of hydrogen-bond acceptors (Lipinski definition) is 4. The Hall–Kier alpha value is -1.23. The average Bonchev–Trinajstić information content (AvgIpc) is 3.11. The van der Waals surface area contributed by atoms with E-state index in [1.165, 1.54) is 34.5 Å². The Labute approximate surface area is 126 Å². The van der Waals surface area contributed by atoms with Gasteiger partial charge in [-0.1, -0.05) is 12.1 Å². The van der Waals surface area contributed by atoms with Gasteiger partial charge in [0, 0.05) is 17.5 Å². The molecule has 0 bridgehead atoms. The van der Waals surface area contributed by atoms with Crippen molar-refractivity contribution in [3.05, 3.63) is 51.2 Å². The van der Waals surface area contributed by atoms with E-state index in [1.54, 1.807) is 16.2 Å². The molecule has 1 atom stereocenters. The molecular weight excluding hydrogens is 284 g/mol. The minimum absolute atomic E-state index is 0.511. The van der Waals surface area contributed by atoms with Gasteiger partial charge in [0.05, 0.1) is 10.2 Å². The Balaban J connectivity index is 1.51. The average molecular weight is 300 g/mol. The van der Waals surface area contributed by atoms with Gasteiger partial charge in [0.1, 0.15) is 5.01 Å². The van der Waals surface area contributed by atoms with Crippen LogP contribution in [0.4, 0.5) is 0 Å². The summed E-state index contributed by atoms with van der Waals surface area (Å²) in [6.45, 7) is 0.874. The molecule has 0 radical (unpaired) electrons. The molecule has 0 spiro atoms. The predicted octanol–water partition coefficient (Wildman–Crippen LogP) is 4.53. The lowest BCUT2D eigenvalue weighted by molar-refractivity contribution is 0.463. The van der Waals surface area contributed by atoms with Crippen LogP contribution in [0, 0.1) is 0 Å². The molecule has 4 rings (SSSR count). The first kappa shape index (κ1) is 12.5. The number of nitrogens with one attached hydrogen (secondary N) is 1. The molecule has 102 valence electrons. The number of nitrogens with zero attached hydrogens (tertiary/aromatic N) is 1. The Morgan fingerprint density at radius 3 is 3.15 bits per heavy atom. The maximum Gasteiger partial charge on any atom is 0.108 e. The summed E-state index contributed by atoms with van der Waals surface area (Å²) in [6.07, 6.45) is 3.80. The number of fused-ring (bicyclic) bond motifs is 2. The van der Waals surface area contributed by atoms with Crippen molar-refractivity contribution < 1.29 is 0 Å². The fraction of sp³-hybridized carbons (Fsp3) is 0.312. The highest BCUT2D eigenvalue weighted by molar-refractivity contribution is 7.18. The second-order valence-corrected chi connectivity index (χ2v) is 7.32. The molecule has 2 heterocycles. The first-order valence-electron chi connectivity index (χ1n) is 7.04. The minimum atomic E-state index is 0.511. The fourth-order valence-corrected chi connectivity index (χ4v) is 4.81. The van der Waals surface area contributed by atoms with Gasteiger partial charge in [-0.05, 0) is 48.4 Å². The molecule has 0 amide bonds. The number of thiophene rings is 1. The molecule has 4 heteroatoms. The second kappa shape index (κ2) is 5.28. The van der Waals surface area contributed by atoms with Gasteiger partial charge in [0.25, 0.3) is 0 Å². The first-order valence-corrected chi connectivity index (χ1v) is 8.74. The van der Waals surface area contributed by atoms with Crippen molar-refractivity contribution in [2.75, 3.05) is 0 Å². The zero-order valence-corrected chi connectivity index (χ0v) is 12.8. The molecule has 2 aromatic heterocycles. The maximum atomic E-state index is 4.70. The number of para-hydroxylation sites is 1. The van der Waals surface area contributed by atoms with E-state index in [-0.39, 0.29) is 0 Å². The van der Waals surface area contributed by atoms with Gasteiger partial charge < -0.3 is 5.32 Å². The Morgan fingerprint density at radius 2 is 2.20 bits per heavy atom. The van der Waals surface area contributed by atoms with E-state index in [1.807, 2.05) is 11.3 Å². The molecule has 1 unspecified atom stereocenters. The largest absolute Gasteiger partial charge is 0.304 e. The van der Waals surface area contributed by atoms with Crippen LogP contribution >= 0.6 is 22.7 Å². The van der Waals surface area contributed by atoms with Crippen molar-refractivity contribution >= 4 is 32.9 Å². The zero-order valence-electron chi connectivity index (χ0n) is 11.1. The van der Waals surface area contributed by atoms with Gasteiger partial charge in [0.15, 0.2) is 0 Å². The molecule has 3 aromatic rings. The summed E-state index contributed by atoms with van der Waals surface area (Å²) < 4.78 is 1.28. The van der Waals surface area contributed by atoms with E-state index in [9.17, 15) is 0 Å². The predicted molar refractivity (Wildman–Crippen MR) is 86.5 cm³/mol. The zero-order chi connectivity index (χ0) is 13.4. The SMILES string of the molecule is c1ccc2sc(CNC3CCCc4sccc43)nc2c1. The summed E-state index contributed by atoms with van der Waals surface area (Å²) in [6, 6.07) is 11.2. The van der Waals surface area contributed by atoms with E-state index in [2.05, 4.69) is 41.0 Å². The summed E-state index contributed by atoms with van der Waals surface area (Å²) in [5, 5.41) is 7.11. The van der Waals surface area contributed by atoms with Crippen LogP contribution in [0.25, 0.3) is 10.2 Å². The van der Waals surface area contributed by atoms with Crippen LogP contribution in [0.15, 0.2) is 35.7 Å². The summed E-state index contributed by atoms with van der Waals surface area (Å²) in [7, 11) is 0. The molecule has 1 aromatic carbocycles. The maximum absolute atomic E-state index is 4.70. The molecule has 20 heavy (non-hydrogen) atoms. The second-order valence-electron chi connectivity index (χ2n) is 5.20. The van der Waals surface area contributed by atoms with Crippen LogP contribution in [0.5, 0.6) is 0 Å². The molecule has 0 saturated carbocycles. The van der Waals surface area contributed by atoms with E-state index in [0.717, 1.165) is 12.1 Å². The van der Waals surface area contributed by atoms with Crippen molar-refractivity contribution in [3.63, 3.8) is 0 Å². The monoisotopic (exact) mass is 300 g/mol. The number of aryl methyl sites for hydroxylation is 1. The standard InChI is InChI=1S/C16H16N2S2/c1-2-6-15-13(4-1)18-16(20-15)10-17-12-5-3-7-14-11(12)8-9-19-14/h1-2,4,6,8-9,12,17H,3,5,7,10H2. The van der Waals surface area contributed by atoms with Gasteiger partial charge in [-0.2, -0.15) is 0 Å². The third kappa shape index (κ3) is 2.28. The molecule has 1 aliphatic carbocycles. The Morgan fingerprint density at radius 1 is 1.25 bits per heavy atom. The summed E-state index contributed by atoms with van der Waals surface area (Å²) in [5.74, 6) is 0. The molecule has 0 aliphatic heterocycles. The Kier molecular flexibility index (Phi) is 3.30. The number of hydrogen-bond donors (Lipinski definition) is 1. The molecule has 1 N–H and O–H groups in total. The van der Waals surface area contributed by atoms with Crippen molar-refractivity contribution in [2.45, 2.75) is 31.8 Å². The van der Waals surface area contributed by atoms with Gasteiger partial charge in [0.2, 0.25) is 0 Å². The van der Waals surface area contributed by atoms with Crippen molar-refractivity contribution in [2.24, 2.45) is 0 Å². The van der Waals surface area contributed by atoms with Crippen molar-refractivity contribution in [1.82, 2.24) is 10.3 Å². The van der Waals surface area contributed by atoms with E-state index in [4.69, 9.17) is 4.98 Å². The van der Waals surface area contributed by atoms with Crippen LogP contribution in [0.2, 0.25) is 0 Å². The normalized spacial score (nSPS) is 18.3. The number of rotatable bonds is 3. The smallest absolute Gasteiger partial charge is 0.108 e.